The molecule has 21 heavy (non-hydrogen) atoms. The summed E-state index contributed by atoms with van der Waals surface area (Å²) in [6, 6.07) is 13.3. The average molecular weight is 300 g/mol. The fourth-order valence-electron chi connectivity index (χ4n) is 2.21. The summed E-state index contributed by atoms with van der Waals surface area (Å²) in [5, 5.41) is 4.32. The molecule has 0 fully saturated rings. The van der Waals surface area contributed by atoms with Crippen molar-refractivity contribution >= 4 is 28.5 Å². The van der Waals surface area contributed by atoms with Gasteiger partial charge >= 0.3 is 0 Å². The van der Waals surface area contributed by atoms with E-state index in [1.165, 1.54) is 0 Å². The molecule has 1 unspecified atom stereocenters. The van der Waals surface area contributed by atoms with Crippen LogP contribution in [0.2, 0.25) is 5.02 Å². The lowest BCUT2D eigenvalue weighted by Crippen LogP contribution is -2.26. The molecule has 5 heteroatoms. The molecular formula is C16H14ClN3O. The van der Waals surface area contributed by atoms with Crippen LogP contribution in [0.3, 0.4) is 0 Å². The van der Waals surface area contributed by atoms with Crippen LogP contribution in [0.15, 0.2) is 48.7 Å². The third kappa shape index (κ3) is 2.90. The minimum Gasteiger partial charge on any atom is -0.344 e. The van der Waals surface area contributed by atoms with E-state index in [9.17, 15) is 4.79 Å². The van der Waals surface area contributed by atoms with Gasteiger partial charge in [0.15, 0.2) is 0 Å². The lowest BCUT2D eigenvalue weighted by atomic mass is 10.1. The molecule has 3 aromatic rings. The molecule has 0 aliphatic heterocycles. The number of amides is 1. The molecule has 1 amide bonds. The van der Waals surface area contributed by atoms with Gasteiger partial charge in [-0.25, -0.2) is 4.98 Å². The number of aromatic nitrogens is 2. The summed E-state index contributed by atoms with van der Waals surface area (Å²) >= 11 is 5.89. The number of hydrogen-bond donors (Lipinski definition) is 2. The highest BCUT2D eigenvalue weighted by Crippen LogP contribution is 2.18. The van der Waals surface area contributed by atoms with Crippen molar-refractivity contribution in [2.75, 3.05) is 0 Å². The van der Waals surface area contributed by atoms with E-state index >= 15 is 0 Å². The Morgan fingerprint density at radius 1 is 1.29 bits per heavy atom. The SMILES string of the molecule is CC(NC(=O)c1cc2cc(Cl)cnc2[nH]1)c1ccccc1. The number of aromatic amines is 1. The smallest absolute Gasteiger partial charge is 0.268 e. The van der Waals surface area contributed by atoms with Gasteiger partial charge in [0.2, 0.25) is 0 Å². The normalized spacial score (nSPS) is 12.3. The first-order valence-corrected chi connectivity index (χ1v) is 7.01. The highest BCUT2D eigenvalue weighted by atomic mass is 35.5. The maximum Gasteiger partial charge on any atom is 0.268 e. The largest absolute Gasteiger partial charge is 0.344 e. The number of nitrogens with one attached hydrogen (secondary N) is 2. The third-order valence-corrected chi connectivity index (χ3v) is 3.54. The van der Waals surface area contributed by atoms with Gasteiger partial charge in [-0.3, -0.25) is 4.79 Å². The van der Waals surface area contributed by atoms with Crippen molar-refractivity contribution in [1.82, 2.24) is 15.3 Å². The molecule has 2 aromatic heterocycles. The molecule has 0 saturated heterocycles. The molecule has 0 saturated carbocycles. The molecule has 3 rings (SSSR count). The maximum atomic E-state index is 12.3. The molecule has 2 heterocycles. The first kappa shape index (κ1) is 13.6. The summed E-state index contributed by atoms with van der Waals surface area (Å²) in [6.45, 7) is 1.95. The van der Waals surface area contributed by atoms with E-state index in [-0.39, 0.29) is 11.9 Å². The summed E-state index contributed by atoms with van der Waals surface area (Å²) in [5.74, 6) is -0.166. The number of H-pyrrole nitrogens is 1. The summed E-state index contributed by atoms with van der Waals surface area (Å²) in [7, 11) is 0. The Kier molecular flexibility index (Phi) is 3.62. The molecule has 1 atom stereocenters. The van der Waals surface area contributed by atoms with Crippen LogP contribution < -0.4 is 5.32 Å². The number of benzene rings is 1. The topological polar surface area (TPSA) is 57.8 Å². The van der Waals surface area contributed by atoms with Gasteiger partial charge in [-0.05, 0) is 24.6 Å². The van der Waals surface area contributed by atoms with Gasteiger partial charge in [0.1, 0.15) is 11.3 Å². The van der Waals surface area contributed by atoms with Crippen LogP contribution in [-0.2, 0) is 0 Å². The van der Waals surface area contributed by atoms with E-state index < -0.39 is 0 Å². The van der Waals surface area contributed by atoms with Crippen LogP contribution in [0, 0.1) is 0 Å². The van der Waals surface area contributed by atoms with E-state index in [4.69, 9.17) is 11.6 Å². The van der Waals surface area contributed by atoms with E-state index in [0.29, 0.717) is 16.4 Å². The van der Waals surface area contributed by atoms with Gasteiger partial charge in [0, 0.05) is 11.6 Å². The lowest BCUT2D eigenvalue weighted by Gasteiger charge is -2.13. The van der Waals surface area contributed by atoms with Crippen LogP contribution >= 0.6 is 11.6 Å². The summed E-state index contributed by atoms with van der Waals surface area (Å²) in [6.07, 6.45) is 1.55. The van der Waals surface area contributed by atoms with Crippen molar-refractivity contribution in [3.05, 3.63) is 64.9 Å². The summed E-state index contributed by atoms with van der Waals surface area (Å²) in [5.41, 5.74) is 2.18. The van der Waals surface area contributed by atoms with Crippen molar-refractivity contribution in [1.29, 1.82) is 0 Å². The summed E-state index contributed by atoms with van der Waals surface area (Å²) < 4.78 is 0. The van der Waals surface area contributed by atoms with E-state index in [1.807, 2.05) is 37.3 Å². The number of hydrogen-bond acceptors (Lipinski definition) is 2. The number of halogens is 1. The van der Waals surface area contributed by atoms with Crippen molar-refractivity contribution < 1.29 is 4.79 Å². The highest BCUT2D eigenvalue weighted by Gasteiger charge is 2.14. The van der Waals surface area contributed by atoms with Crippen LogP contribution in [0.5, 0.6) is 0 Å². The molecule has 0 radical (unpaired) electrons. The Labute approximate surface area is 127 Å². The van der Waals surface area contributed by atoms with Crippen LogP contribution in [0.1, 0.15) is 29.0 Å². The van der Waals surface area contributed by atoms with Crippen molar-refractivity contribution in [2.24, 2.45) is 0 Å². The van der Waals surface area contributed by atoms with Gasteiger partial charge in [-0.15, -0.1) is 0 Å². The number of carbonyl (C=O) groups is 1. The zero-order valence-corrected chi connectivity index (χ0v) is 12.2. The average Bonchev–Trinajstić information content (AvgIpc) is 2.91. The number of carbonyl (C=O) groups excluding carboxylic acids is 1. The second-order valence-corrected chi connectivity index (χ2v) is 5.32. The van der Waals surface area contributed by atoms with Crippen LogP contribution in [0.25, 0.3) is 11.0 Å². The predicted octanol–water partition coefficient (Wildman–Crippen LogP) is 3.71. The molecule has 0 spiro atoms. The molecular weight excluding hydrogens is 286 g/mol. The Bertz CT molecular complexity index is 783. The molecule has 0 aliphatic rings. The standard InChI is InChI=1S/C16H14ClN3O/c1-10(11-5-3-2-4-6-11)19-16(21)14-8-12-7-13(17)9-18-15(12)20-14/h2-10H,1H3,(H,18,20)(H,19,21). The second-order valence-electron chi connectivity index (χ2n) is 4.88. The quantitative estimate of drug-likeness (QED) is 0.774. The fraction of sp³-hybridized carbons (Fsp3) is 0.125. The Hall–Kier alpha value is -2.33. The van der Waals surface area contributed by atoms with Gasteiger partial charge in [-0.2, -0.15) is 0 Å². The van der Waals surface area contributed by atoms with Gasteiger partial charge in [0.05, 0.1) is 11.1 Å². The Morgan fingerprint density at radius 2 is 2.05 bits per heavy atom. The highest BCUT2D eigenvalue weighted by molar-refractivity contribution is 6.31. The van der Waals surface area contributed by atoms with Crippen molar-refractivity contribution in [3.8, 4) is 0 Å². The zero-order valence-electron chi connectivity index (χ0n) is 11.4. The molecule has 0 aliphatic carbocycles. The first-order valence-electron chi connectivity index (χ1n) is 6.63. The maximum absolute atomic E-state index is 12.3. The minimum atomic E-state index is -0.166. The van der Waals surface area contributed by atoms with Crippen molar-refractivity contribution in [3.63, 3.8) is 0 Å². The monoisotopic (exact) mass is 299 g/mol. The second kappa shape index (κ2) is 5.58. The lowest BCUT2D eigenvalue weighted by molar-refractivity contribution is 0.0935. The van der Waals surface area contributed by atoms with Crippen LogP contribution in [0.4, 0.5) is 0 Å². The minimum absolute atomic E-state index is 0.0679. The zero-order chi connectivity index (χ0) is 14.8. The van der Waals surface area contributed by atoms with Gasteiger partial charge in [0.25, 0.3) is 5.91 Å². The fourth-order valence-corrected chi connectivity index (χ4v) is 2.38. The molecule has 106 valence electrons. The van der Waals surface area contributed by atoms with E-state index in [0.717, 1.165) is 10.9 Å². The van der Waals surface area contributed by atoms with Crippen LogP contribution in [-0.4, -0.2) is 15.9 Å². The summed E-state index contributed by atoms with van der Waals surface area (Å²) in [4.78, 5) is 19.4. The Balaban J connectivity index is 1.80. The molecule has 2 N–H and O–H groups in total. The number of fused-ring (bicyclic) bond motifs is 1. The third-order valence-electron chi connectivity index (χ3n) is 3.33. The van der Waals surface area contributed by atoms with E-state index in [2.05, 4.69) is 15.3 Å². The van der Waals surface area contributed by atoms with Gasteiger partial charge < -0.3 is 10.3 Å². The number of nitrogens with zero attached hydrogens (tertiary/aromatic N) is 1. The molecule has 0 bridgehead atoms. The molecule has 4 nitrogen and oxygen atoms in total. The van der Waals surface area contributed by atoms with Gasteiger partial charge in [-0.1, -0.05) is 41.9 Å². The first-order chi connectivity index (χ1) is 10.1. The van der Waals surface area contributed by atoms with Crippen molar-refractivity contribution in [2.45, 2.75) is 13.0 Å². The number of rotatable bonds is 3. The Morgan fingerprint density at radius 3 is 2.81 bits per heavy atom. The molecule has 1 aromatic carbocycles. The van der Waals surface area contributed by atoms with E-state index in [1.54, 1.807) is 18.3 Å². The number of pyridine rings is 1. The predicted molar refractivity (Wildman–Crippen MR) is 83.4 cm³/mol.